The zero-order valence-corrected chi connectivity index (χ0v) is 11.2. The van der Waals surface area contributed by atoms with Crippen molar-refractivity contribution in [1.29, 1.82) is 0 Å². The van der Waals surface area contributed by atoms with Gasteiger partial charge in [-0.15, -0.1) is 0 Å². The lowest BCUT2D eigenvalue weighted by Gasteiger charge is -2.12. The van der Waals surface area contributed by atoms with E-state index in [0.717, 1.165) is 11.3 Å². The average molecular weight is 268 g/mol. The summed E-state index contributed by atoms with van der Waals surface area (Å²) in [5.74, 6) is -0.458. The van der Waals surface area contributed by atoms with Crippen molar-refractivity contribution < 1.29 is 19.4 Å². The lowest BCUT2D eigenvalue weighted by Crippen LogP contribution is -2.13. The van der Waals surface area contributed by atoms with Crippen LogP contribution in [0.15, 0.2) is 12.1 Å². The van der Waals surface area contributed by atoms with Gasteiger partial charge in [0.05, 0.1) is 32.5 Å². The number of nitrogens with one attached hydrogen (secondary N) is 1. The van der Waals surface area contributed by atoms with Gasteiger partial charge in [-0.2, -0.15) is 0 Å². The Labute approximate surface area is 112 Å². The number of ether oxygens (including phenoxy) is 2. The number of nitrogens with two attached hydrogens (primary N) is 1. The number of aliphatic hydroxyl groups is 1. The molecule has 0 atom stereocenters. The molecule has 1 rings (SSSR count). The van der Waals surface area contributed by atoms with Crippen LogP contribution in [0.3, 0.4) is 0 Å². The second kappa shape index (κ2) is 7.60. The fourth-order valence-corrected chi connectivity index (χ4v) is 1.61. The third-order valence-electron chi connectivity index (χ3n) is 2.60. The molecular weight excluding hydrogens is 248 g/mol. The first-order valence-electron chi connectivity index (χ1n) is 6.01. The molecular formula is C13H20N2O4. The highest BCUT2D eigenvalue weighted by Crippen LogP contribution is 2.23. The number of anilines is 2. The second-order valence-corrected chi connectivity index (χ2v) is 4.01. The van der Waals surface area contributed by atoms with E-state index in [1.165, 1.54) is 7.11 Å². The van der Waals surface area contributed by atoms with E-state index in [0.29, 0.717) is 31.0 Å². The summed E-state index contributed by atoms with van der Waals surface area (Å²) in [6.45, 7) is 3.19. The molecule has 1 aromatic rings. The molecule has 0 aliphatic rings. The first-order valence-corrected chi connectivity index (χ1v) is 6.01. The van der Waals surface area contributed by atoms with Gasteiger partial charge >= 0.3 is 5.97 Å². The summed E-state index contributed by atoms with van der Waals surface area (Å²) in [4.78, 5) is 11.6. The predicted molar refractivity (Wildman–Crippen MR) is 73.3 cm³/mol. The second-order valence-electron chi connectivity index (χ2n) is 4.01. The zero-order chi connectivity index (χ0) is 14.3. The molecule has 0 saturated heterocycles. The zero-order valence-electron chi connectivity index (χ0n) is 11.2. The lowest BCUT2D eigenvalue weighted by atomic mass is 10.1. The molecule has 1 aromatic carbocycles. The minimum Gasteiger partial charge on any atom is -0.465 e. The summed E-state index contributed by atoms with van der Waals surface area (Å²) in [5.41, 5.74) is 8.20. The topological polar surface area (TPSA) is 93.8 Å². The Morgan fingerprint density at radius 1 is 1.42 bits per heavy atom. The number of rotatable bonds is 7. The van der Waals surface area contributed by atoms with E-state index in [1.54, 1.807) is 6.07 Å². The molecule has 0 bridgehead atoms. The highest BCUT2D eigenvalue weighted by molar-refractivity contribution is 5.97. The molecule has 19 heavy (non-hydrogen) atoms. The molecule has 0 aliphatic heterocycles. The largest absolute Gasteiger partial charge is 0.465 e. The van der Waals surface area contributed by atoms with Gasteiger partial charge < -0.3 is 25.6 Å². The number of aryl methyl sites for hydroxylation is 1. The Hall–Kier alpha value is -1.79. The Balaban J connectivity index is 2.69. The number of carbonyl (C=O) groups is 1. The van der Waals surface area contributed by atoms with Gasteiger partial charge in [0.2, 0.25) is 0 Å². The van der Waals surface area contributed by atoms with Crippen molar-refractivity contribution in [2.75, 3.05) is 44.5 Å². The number of aliphatic hydroxyl groups excluding tert-OH is 1. The molecule has 0 amide bonds. The van der Waals surface area contributed by atoms with E-state index in [2.05, 4.69) is 10.1 Å². The van der Waals surface area contributed by atoms with Crippen LogP contribution in [0.4, 0.5) is 11.4 Å². The van der Waals surface area contributed by atoms with Crippen molar-refractivity contribution in [1.82, 2.24) is 0 Å². The van der Waals surface area contributed by atoms with E-state index in [-0.39, 0.29) is 6.61 Å². The number of benzene rings is 1. The number of hydrogen-bond acceptors (Lipinski definition) is 6. The van der Waals surface area contributed by atoms with E-state index in [4.69, 9.17) is 15.6 Å². The average Bonchev–Trinajstić information content (AvgIpc) is 2.41. The summed E-state index contributed by atoms with van der Waals surface area (Å²) in [7, 11) is 1.32. The molecule has 106 valence electrons. The number of hydrogen-bond donors (Lipinski definition) is 3. The maximum absolute atomic E-state index is 11.6. The molecule has 4 N–H and O–H groups in total. The van der Waals surface area contributed by atoms with Gasteiger partial charge in [-0.1, -0.05) is 0 Å². The molecule has 0 aliphatic carbocycles. The maximum Gasteiger partial charge on any atom is 0.340 e. The molecule has 0 unspecified atom stereocenters. The van der Waals surface area contributed by atoms with E-state index in [1.807, 2.05) is 13.0 Å². The number of methoxy groups -OCH3 is 1. The van der Waals surface area contributed by atoms with Crippen LogP contribution in [-0.2, 0) is 9.47 Å². The monoisotopic (exact) mass is 268 g/mol. The minimum absolute atomic E-state index is 0.00741. The SMILES string of the molecule is COC(=O)c1cc(NCCOCCO)cc(C)c1N. The number of carbonyl (C=O) groups excluding carboxylic acids is 1. The third-order valence-corrected chi connectivity index (χ3v) is 2.60. The first kappa shape index (κ1) is 15.3. The van der Waals surface area contributed by atoms with E-state index < -0.39 is 5.97 Å². The number of esters is 1. The molecule has 6 nitrogen and oxygen atoms in total. The van der Waals surface area contributed by atoms with Crippen LogP contribution < -0.4 is 11.1 Å². The molecule has 0 heterocycles. The standard InChI is InChI=1S/C13H20N2O4/c1-9-7-10(15-3-5-19-6-4-16)8-11(12(9)14)13(17)18-2/h7-8,15-16H,3-6,14H2,1-2H3. The first-order chi connectivity index (χ1) is 9.10. The van der Waals surface area contributed by atoms with Crippen molar-refractivity contribution in [3.63, 3.8) is 0 Å². The van der Waals surface area contributed by atoms with Crippen LogP contribution in [0.1, 0.15) is 15.9 Å². The lowest BCUT2D eigenvalue weighted by molar-refractivity contribution is 0.0602. The predicted octanol–water partition coefficient (Wildman–Crippen LogP) is 0.785. The fourth-order valence-electron chi connectivity index (χ4n) is 1.61. The quantitative estimate of drug-likeness (QED) is 0.384. The van der Waals surface area contributed by atoms with Gasteiger partial charge in [0.25, 0.3) is 0 Å². The third kappa shape index (κ3) is 4.42. The molecule has 0 aromatic heterocycles. The fraction of sp³-hybridized carbons (Fsp3) is 0.462. The molecule has 0 radical (unpaired) electrons. The van der Waals surface area contributed by atoms with Crippen molar-refractivity contribution in [3.05, 3.63) is 23.3 Å². The highest BCUT2D eigenvalue weighted by atomic mass is 16.5. The van der Waals surface area contributed by atoms with Crippen molar-refractivity contribution >= 4 is 17.3 Å². The van der Waals surface area contributed by atoms with Crippen LogP contribution >= 0.6 is 0 Å². The maximum atomic E-state index is 11.6. The van der Waals surface area contributed by atoms with Crippen LogP contribution in [0.2, 0.25) is 0 Å². The summed E-state index contributed by atoms with van der Waals surface area (Å²) in [6, 6.07) is 3.51. The number of nitrogen functional groups attached to an aromatic ring is 1. The molecule has 6 heteroatoms. The van der Waals surface area contributed by atoms with E-state index in [9.17, 15) is 4.79 Å². The van der Waals surface area contributed by atoms with Crippen molar-refractivity contribution in [2.45, 2.75) is 6.92 Å². The Morgan fingerprint density at radius 3 is 2.79 bits per heavy atom. The summed E-state index contributed by atoms with van der Waals surface area (Å²) < 4.78 is 9.81. The van der Waals surface area contributed by atoms with Gasteiger partial charge in [-0.25, -0.2) is 4.79 Å². The van der Waals surface area contributed by atoms with Crippen molar-refractivity contribution in [3.8, 4) is 0 Å². The smallest absolute Gasteiger partial charge is 0.340 e. The molecule has 0 spiro atoms. The Kier molecular flexibility index (Phi) is 6.11. The van der Waals surface area contributed by atoms with Gasteiger partial charge in [-0.05, 0) is 24.6 Å². The molecule has 0 saturated carbocycles. The van der Waals surface area contributed by atoms with Gasteiger partial charge in [-0.3, -0.25) is 0 Å². The van der Waals surface area contributed by atoms with E-state index >= 15 is 0 Å². The van der Waals surface area contributed by atoms with Crippen LogP contribution in [-0.4, -0.2) is 44.6 Å². The summed E-state index contributed by atoms with van der Waals surface area (Å²) in [5, 5.41) is 11.7. The van der Waals surface area contributed by atoms with Gasteiger partial charge in [0, 0.05) is 17.9 Å². The van der Waals surface area contributed by atoms with Crippen LogP contribution in [0.25, 0.3) is 0 Å². The van der Waals surface area contributed by atoms with Crippen molar-refractivity contribution in [2.24, 2.45) is 0 Å². The molecule has 0 fully saturated rings. The summed E-state index contributed by atoms with van der Waals surface area (Å²) in [6.07, 6.45) is 0. The van der Waals surface area contributed by atoms with Gasteiger partial charge in [0.1, 0.15) is 0 Å². The highest BCUT2D eigenvalue weighted by Gasteiger charge is 2.13. The van der Waals surface area contributed by atoms with Crippen LogP contribution in [0.5, 0.6) is 0 Å². The Bertz CT molecular complexity index is 435. The van der Waals surface area contributed by atoms with Crippen LogP contribution in [0, 0.1) is 6.92 Å². The normalized spacial score (nSPS) is 10.3. The minimum atomic E-state index is -0.458. The summed E-state index contributed by atoms with van der Waals surface area (Å²) >= 11 is 0. The van der Waals surface area contributed by atoms with Gasteiger partial charge in [0.15, 0.2) is 0 Å². The Morgan fingerprint density at radius 2 is 2.16 bits per heavy atom.